The summed E-state index contributed by atoms with van der Waals surface area (Å²) in [6.07, 6.45) is 3.52. The minimum absolute atomic E-state index is 0.619. The summed E-state index contributed by atoms with van der Waals surface area (Å²) >= 11 is 6.24. The molecule has 1 aromatic carbocycles. The van der Waals surface area contributed by atoms with E-state index in [1.54, 1.807) is 0 Å². The zero-order valence-electron chi connectivity index (χ0n) is 9.71. The van der Waals surface area contributed by atoms with E-state index < -0.39 is 0 Å². The summed E-state index contributed by atoms with van der Waals surface area (Å²) < 4.78 is 2.05. The Morgan fingerprint density at radius 1 is 1.11 bits per heavy atom. The standard InChI is InChI=1S/C13H8ClN5/c14-8-3-1-4-9-11(8)17-12(13-15-7-16-18-13)10-5-2-6-19(9)10/h1-7H,(H,15,16,18). The van der Waals surface area contributed by atoms with Gasteiger partial charge in [0.25, 0.3) is 0 Å². The lowest BCUT2D eigenvalue weighted by atomic mass is 10.2. The summed E-state index contributed by atoms with van der Waals surface area (Å²) in [6.45, 7) is 0. The van der Waals surface area contributed by atoms with Gasteiger partial charge in [-0.1, -0.05) is 17.7 Å². The molecule has 6 heteroatoms. The fourth-order valence-electron chi connectivity index (χ4n) is 2.26. The lowest BCUT2D eigenvalue weighted by molar-refractivity contribution is 1.09. The van der Waals surface area contributed by atoms with Crippen molar-refractivity contribution in [2.45, 2.75) is 0 Å². The molecule has 5 nitrogen and oxygen atoms in total. The van der Waals surface area contributed by atoms with Gasteiger partial charge in [-0.15, -0.1) is 10.2 Å². The van der Waals surface area contributed by atoms with Gasteiger partial charge in [0, 0.05) is 6.20 Å². The minimum Gasteiger partial charge on any atom is -0.326 e. The van der Waals surface area contributed by atoms with Crippen LogP contribution in [0.1, 0.15) is 0 Å². The number of rotatable bonds is 1. The number of para-hydroxylation sites is 1. The van der Waals surface area contributed by atoms with E-state index in [0.29, 0.717) is 10.8 Å². The number of aromatic amines is 1. The number of aromatic nitrogens is 5. The van der Waals surface area contributed by atoms with Crippen molar-refractivity contribution in [2.75, 3.05) is 0 Å². The quantitative estimate of drug-likeness (QED) is 0.578. The first kappa shape index (κ1) is 10.5. The molecule has 0 aliphatic rings. The molecule has 0 saturated carbocycles. The van der Waals surface area contributed by atoms with Crippen molar-refractivity contribution in [1.29, 1.82) is 0 Å². The predicted molar refractivity (Wildman–Crippen MR) is 73.1 cm³/mol. The maximum absolute atomic E-state index is 6.24. The third kappa shape index (κ3) is 1.45. The van der Waals surface area contributed by atoms with Gasteiger partial charge in [0.1, 0.15) is 17.5 Å². The van der Waals surface area contributed by atoms with Crippen molar-refractivity contribution in [3.8, 4) is 11.5 Å². The van der Waals surface area contributed by atoms with Crippen LogP contribution in [0.2, 0.25) is 5.02 Å². The molecule has 0 fully saturated rings. The van der Waals surface area contributed by atoms with E-state index >= 15 is 0 Å². The highest BCUT2D eigenvalue weighted by Gasteiger charge is 2.13. The molecule has 0 unspecified atom stereocenters. The second kappa shape index (κ2) is 3.80. The normalized spacial score (nSPS) is 11.4. The Bertz CT molecular complexity index is 879. The van der Waals surface area contributed by atoms with Crippen LogP contribution in [0.4, 0.5) is 0 Å². The van der Waals surface area contributed by atoms with E-state index in [-0.39, 0.29) is 0 Å². The van der Waals surface area contributed by atoms with Gasteiger partial charge in [-0.2, -0.15) is 0 Å². The molecular formula is C13H8ClN5. The maximum atomic E-state index is 6.24. The van der Waals surface area contributed by atoms with Crippen LogP contribution in [0.5, 0.6) is 0 Å². The van der Waals surface area contributed by atoms with Gasteiger partial charge in [0.05, 0.1) is 16.1 Å². The first-order chi connectivity index (χ1) is 9.34. The van der Waals surface area contributed by atoms with Gasteiger partial charge in [0.2, 0.25) is 0 Å². The van der Waals surface area contributed by atoms with Gasteiger partial charge in [-0.3, -0.25) is 0 Å². The average Bonchev–Trinajstić information content (AvgIpc) is 3.10. The highest BCUT2D eigenvalue weighted by Crippen LogP contribution is 2.28. The zero-order valence-corrected chi connectivity index (χ0v) is 10.5. The lowest BCUT2D eigenvalue weighted by Crippen LogP contribution is -1.96. The highest BCUT2D eigenvalue weighted by molar-refractivity contribution is 6.35. The fraction of sp³-hybridized carbons (Fsp3) is 0. The zero-order chi connectivity index (χ0) is 12.8. The molecule has 3 heterocycles. The summed E-state index contributed by atoms with van der Waals surface area (Å²) in [7, 11) is 0. The minimum atomic E-state index is 0.619. The lowest BCUT2D eigenvalue weighted by Gasteiger charge is -2.07. The van der Waals surface area contributed by atoms with Gasteiger partial charge >= 0.3 is 0 Å². The molecule has 0 radical (unpaired) electrons. The topological polar surface area (TPSA) is 58.9 Å². The first-order valence-electron chi connectivity index (χ1n) is 5.76. The monoisotopic (exact) mass is 269 g/mol. The van der Waals surface area contributed by atoms with Crippen LogP contribution in [0, 0.1) is 0 Å². The van der Waals surface area contributed by atoms with E-state index in [1.807, 2.05) is 40.9 Å². The molecule has 0 spiro atoms. The molecular weight excluding hydrogens is 262 g/mol. The van der Waals surface area contributed by atoms with E-state index in [9.17, 15) is 0 Å². The third-order valence-corrected chi connectivity index (χ3v) is 3.39. The van der Waals surface area contributed by atoms with Crippen LogP contribution in [-0.4, -0.2) is 24.6 Å². The van der Waals surface area contributed by atoms with Crippen LogP contribution in [0.15, 0.2) is 42.9 Å². The van der Waals surface area contributed by atoms with Crippen molar-refractivity contribution >= 4 is 28.2 Å². The Hall–Kier alpha value is -2.40. The Kier molecular flexibility index (Phi) is 2.10. The second-order valence-corrected chi connectivity index (χ2v) is 4.58. The molecule has 0 atom stereocenters. The SMILES string of the molecule is Clc1cccc2c1nc(-c1nnc[nH]1)c1cccn12. The number of H-pyrrole nitrogens is 1. The summed E-state index contributed by atoms with van der Waals surface area (Å²) in [6, 6.07) is 9.70. The van der Waals surface area contributed by atoms with Crippen LogP contribution < -0.4 is 0 Å². The molecule has 4 aromatic rings. The molecule has 0 aliphatic carbocycles. The largest absolute Gasteiger partial charge is 0.326 e. The van der Waals surface area contributed by atoms with E-state index in [0.717, 1.165) is 22.2 Å². The third-order valence-electron chi connectivity index (χ3n) is 3.08. The van der Waals surface area contributed by atoms with E-state index in [4.69, 9.17) is 11.6 Å². The number of benzene rings is 1. The number of hydrogen-bond donors (Lipinski definition) is 1. The van der Waals surface area contributed by atoms with Gasteiger partial charge in [0.15, 0.2) is 5.82 Å². The summed E-state index contributed by atoms with van der Waals surface area (Å²) in [5.74, 6) is 0.630. The van der Waals surface area contributed by atoms with Crippen molar-refractivity contribution < 1.29 is 0 Å². The Labute approximate surface area is 112 Å². The average molecular weight is 270 g/mol. The molecule has 3 aromatic heterocycles. The number of halogens is 1. The molecule has 0 bridgehead atoms. The summed E-state index contributed by atoms with van der Waals surface area (Å²) in [5, 5.41) is 8.45. The van der Waals surface area contributed by atoms with Gasteiger partial charge < -0.3 is 9.38 Å². The maximum Gasteiger partial charge on any atom is 0.181 e. The molecule has 1 N–H and O–H groups in total. The molecule has 4 rings (SSSR count). The van der Waals surface area contributed by atoms with Crippen LogP contribution in [-0.2, 0) is 0 Å². The number of nitrogens with one attached hydrogen (secondary N) is 1. The van der Waals surface area contributed by atoms with Gasteiger partial charge in [-0.05, 0) is 24.3 Å². The van der Waals surface area contributed by atoms with Crippen molar-refractivity contribution in [2.24, 2.45) is 0 Å². The summed E-state index contributed by atoms with van der Waals surface area (Å²) in [4.78, 5) is 7.61. The predicted octanol–water partition coefficient (Wildman–Crippen LogP) is 2.93. The number of fused-ring (bicyclic) bond motifs is 3. The van der Waals surface area contributed by atoms with E-state index in [2.05, 4.69) is 20.2 Å². The Balaban J connectivity index is 2.23. The van der Waals surface area contributed by atoms with Crippen LogP contribution >= 0.6 is 11.6 Å². The van der Waals surface area contributed by atoms with Crippen LogP contribution in [0.25, 0.3) is 28.1 Å². The highest BCUT2D eigenvalue weighted by atomic mass is 35.5. The Morgan fingerprint density at radius 3 is 2.84 bits per heavy atom. The number of hydrogen-bond acceptors (Lipinski definition) is 3. The second-order valence-electron chi connectivity index (χ2n) is 4.17. The molecule has 92 valence electrons. The molecule has 0 saturated heterocycles. The smallest absolute Gasteiger partial charge is 0.181 e. The number of nitrogens with zero attached hydrogens (tertiary/aromatic N) is 4. The Morgan fingerprint density at radius 2 is 2.00 bits per heavy atom. The van der Waals surface area contributed by atoms with Gasteiger partial charge in [-0.25, -0.2) is 4.98 Å². The first-order valence-corrected chi connectivity index (χ1v) is 6.14. The van der Waals surface area contributed by atoms with Crippen LogP contribution in [0.3, 0.4) is 0 Å². The fourth-order valence-corrected chi connectivity index (χ4v) is 2.47. The van der Waals surface area contributed by atoms with E-state index in [1.165, 1.54) is 6.33 Å². The molecule has 19 heavy (non-hydrogen) atoms. The van der Waals surface area contributed by atoms with Crippen molar-refractivity contribution in [3.05, 3.63) is 47.9 Å². The molecule has 0 aliphatic heterocycles. The van der Waals surface area contributed by atoms with Crippen molar-refractivity contribution in [1.82, 2.24) is 24.6 Å². The summed E-state index contributed by atoms with van der Waals surface area (Å²) in [5.41, 5.74) is 3.42. The van der Waals surface area contributed by atoms with Crippen molar-refractivity contribution in [3.63, 3.8) is 0 Å². The molecule has 0 amide bonds.